The summed E-state index contributed by atoms with van der Waals surface area (Å²) < 4.78 is 39.0. The molecule has 10 aromatic rings. The zero-order chi connectivity index (χ0) is 65.3. The van der Waals surface area contributed by atoms with Gasteiger partial charge < -0.3 is 48.5 Å². The molecule has 0 spiro atoms. The van der Waals surface area contributed by atoms with Crippen LogP contribution in [0.5, 0.6) is 0 Å². The number of ether oxygens (including phenoxy) is 5. The summed E-state index contributed by atoms with van der Waals surface area (Å²) in [5.74, 6) is 5.04. The predicted octanol–water partition coefficient (Wildman–Crippen LogP) is 12.7. The molecule has 5 N–H and O–H groups in total. The number of alkyl carbamates (subject to hydrolysis) is 2. The van der Waals surface area contributed by atoms with Crippen LogP contribution >= 0.6 is 22.7 Å². The van der Waals surface area contributed by atoms with Crippen LogP contribution < -0.4 is 16.5 Å². The first-order valence-electron chi connectivity index (χ1n) is 31.4. The Labute approximate surface area is 555 Å². The molecule has 22 nitrogen and oxygen atoms in total. The van der Waals surface area contributed by atoms with Gasteiger partial charge in [-0.05, 0) is 99.9 Å². The Balaban J connectivity index is 0.000000164. The van der Waals surface area contributed by atoms with Gasteiger partial charge in [0.1, 0.15) is 31.9 Å². The molecule has 4 aliphatic rings. The first-order chi connectivity index (χ1) is 46.6. The third-order valence-electron chi connectivity index (χ3n) is 16.7. The van der Waals surface area contributed by atoms with Crippen LogP contribution in [0.2, 0.25) is 0 Å². The number of nitrogens with zero attached hydrogens (tertiary/aromatic N) is 6. The largest absolute Gasteiger partial charge is 0.478 e. The van der Waals surface area contributed by atoms with E-state index >= 15 is 0 Å². The molecule has 2 aliphatic carbocycles. The second-order valence-corrected chi connectivity index (χ2v) is 24.5. The standard InChI is InChI=1S/C36H34N4O6S.C30H24N4O5S.C5H11NO2/c41-32(20-44-34-11-5-6-16-43-34)24-14-12-23(13-15-24)17-33-39-35(46-40-33)31(18-25-21-47-22-37-25)38-36(42)45-19-30-28-9-3-1-7-26(28)27-8-2-4-10-29(27)30;35-29(36)19-11-9-18(10-12-19)13-27-33-28(39-34-27)26(14-20-16-40-17-31-20)32-30(37)38-15-25-23-7-3-1-5-21(23)22-6-2-4-8-24(22)25;6-8-5-3-1-2-4-7-5/h1-4,7-10,12-15,21-22,30-31,34H,5-6,11,16-20H2,(H,38,42);1-12,16-17,25-26H,13-15H2,(H,32,37)(H,35,36);5H,1-4,6H2/t31-,34?;26-;/m00./s1. The summed E-state index contributed by atoms with van der Waals surface area (Å²) in [5.41, 5.74) is 16.7. The number of aromatic nitrogens is 6. The number of ketones is 1. The van der Waals surface area contributed by atoms with E-state index < -0.39 is 30.2 Å². The molecule has 6 heterocycles. The summed E-state index contributed by atoms with van der Waals surface area (Å²) in [7, 11) is 0. The molecular formula is C71H69N9O13S2. The number of carbonyl (C=O) groups is 4. The van der Waals surface area contributed by atoms with Crippen LogP contribution in [0.1, 0.15) is 151 Å². The lowest BCUT2D eigenvalue weighted by Gasteiger charge is -2.22. The number of carboxylic acids is 1. The lowest BCUT2D eigenvalue weighted by atomic mass is 9.98. The molecule has 0 bridgehead atoms. The zero-order valence-corrected chi connectivity index (χ0v) is 53.3. The topological polar surface area (TPSA) is 298 Å². The van der Waals surface area contributed by atoms with Gasteiger partial charge in [0, 0.05) is 73.5 Å². The molecule has 2 unspecified atom stereocenters. The smallest absolute Gasteiger partial charge is 0.407 e. The Morgan fingerprint density at radius 3 is 1.35 bits per heavy atom. The van der Waals surface area contributed by atoms with Gasteiger partial charge in [0.2, 0.25) is 11.8 Å². The maximum atomic E-state index is 13.2. The lowest BCUT2D eigenvalue weighted by molar-refractivity contribution is -0.164. The first-order valence-corrected chi connectivity index (χ1v) is 33.2. The number of nitrogens with one attached hydrogen (secondary N) is 2. The third-order valence-corrected chi connectivity index (χ3v) is 17.9. The molecule has 4 aromatic heterocycles. The van der Waals surface area contributed by atoms with Crippen molar-refractivity contribution in [1.29, 1.82) is 0 Å². The van der Waals surface area contributed by atoms with Crippen LogP contribution in [-0.4, -0.2) is 105 Å². The Hall–Kier alpha value is -9.66. The molecule has 0 radical (unpaired) electrons. The van der Waals surface area contributed by atoms with E-state index in [1.165, 1.54) is 41.2 Å². The monoisotopic (exact) mass is 1320 g/mol. The molecule has 4 atom stereocenters. The molecule has 488 valence electrons. The van der Waals surface area contributed by atoms with Gasteiger partial charge >= 0.3 is 18.2 Å². The Morgan fingerprint density at radius 2 is 0.968 bits per heavy atom. The predicted molar refractivity (Wildman–Crippen MR) is 350 cm³/mol. The Morgan fingerprint density at radius 1 is 0.547 bits per heavy atom. The van der Waals surface area contributed by atoms with Gasteiger partial charge in [-0.3, -0.25) is 9.63 Å². The molecule has 24 heteroatoms. The van der Waals surface area contributed by atoms with Crippen molar-refractivity contribution in [2.45, 2.75) is 101 Å². The van der Waals surface area contributed by atoms with Crippen molar-refractivity contribution in [3.05, 3.63) is 247 Å². The average molecular weight is 1320 g/mol. The second-order valence-electron chi connectivity index (χ2n) is 23.0. The number of thiazole rings is 2. The fraction of sp³-hybridized carbons (Fsp3) is 0.296. The zero-order valence-electron chi connectivity index (χ0n) is 51.7. The molecule has 6 aromatic carbocycles. The Kier molecular flexibility index (Phi) is 22.0. The Bertz CT molecular complexity index is 4060. The number of Topliss-reactive ketones (excluding diaryl/α,β-unsaturated/α-hetero) is 1. The summed E-state index contributed by atoms with van der Waals surface area (Å²) in [6, 6.07) is 45.2. The number of nitrogens with two attached hydrogens (primary N) is 1. The van der Waals surface area contributed by atoms with Crippen molar-refractivity contribution in [2.75, 3.05) is 33.0 Å². The number of rotatable bonds is 22. The first kappa shape index (κ1) is 65.4. The van der Waals surface area contributed by atoms with E-state index in [2.05, 4.69) is 94.3 Å². The number of fused-ring (bicyclic) bond motifs is 6. The van der Waals surface area contributed by atoms with Gasteiger partial charge in [-0.2, -0.15) is 9.97 Å². The maximum absolute atomic E-state index is 13.2. The van der Waals surface area contributed by atoms with Crippen molar-refractivity contribution in [3.8, 4) is 22.3 Å². The number of hydrogen-bond acceptors (Lipinski definition) is 21. The van der Waals surface area contributed by atoms with Crippen LogP contribution in [0.4, 0.5) is 9.59 Å². The lowest BCUT2D eigenvalue weighted by Crippen LogP contribution is -2.32. The number of carboxylic acid groups (broad SMARTS) is 1. The highest BCUT2D eigenvalue weighted by atomic mass is 32.1. The third kappa shape index (κ3) is 17.0. The van der Waals surface area contributed by atoms with Gasteiger partial charge in [0.25, 0.3) is 0 Å². The van der Waals surface area contributed by atoms with E-state index in [0.717, 1.165) is 106 Å². The minimum absolute atomic E-state index is 0.0186. The van der Waals surface area contributed by atoms with Crippen LogP contribution in [0.25, 0.3) is 22.3 Å². The quantitative estimate of drug-likeness (QED) is 0.0362. The normalized spacial score (nSPS) is 16.1. The van der Waals surface area contributed by atoms with Gasteiger partial charge in [0.05, 0.1) is 28.0 Å². The van der Waals surface area contributed by atoms with Crippen LogP contribution in [0.15, 0.2) is 176 Å². The van der Waals surface area contributed by atoms with Crippen LogP contribution in [0, 0.1) is 0 Å². The molecule has 0 saturated carbocycles. The highest BCUT2D eigenvalue weighted by molar-refractivity contribution is 7.07. The van der Waals surface area contributed by atoms with E-state index in [0.29, 0.717) is 49.5 Å². The highest BCUT2D eigenvalue weighted by Crippen LogP contribution is 2.46. The summed E-state index contributed by atoms with van der Waals surface area (Å²) in [6.45, 7) is 1.82. The average Bonchev–Trinajstić information content (AvgIpc) is 1.63. The summed E-state index contributed by atoms with van der Waals surface area (Å²) >= 11 is 2.93. The van der Waals surface area contributed by atoms with Gasteiger partial charge in [-0.15, -0.1) is 22.7 Å². The van der Waals surface area contributed by atoms with Gasteiger partial charge in [0.15, 0.2) is 30.0 Å². The SMILES string of the molecule is NOC1CCCCO1.O=C(N[C@@H](Cc1cscn1)c1nc(Cc2ccc(C(=O)COC3CCCCO3)cc2)no1)OCC1c2ccccc2-c2ccccc21.O=C(N[C@@H](Cc1cscn1)c1nc(Cc2ccc(C(=O)O)cc2)no1)OCC1c2ccccc2-c2ccccc21. The fourth-order valence-corrected chi connectivity index (χ4v) is 13.0. The fourth-order valence-electron chi connectivity index (χ4n) is 11.9. The number of carbonyl (C=O) groups excluding carboxylic acids is 3. The second kappa shape index (κ2) is 32.0. The molecular weight excluding hydrogens is 1250 g/mol. The molecule has 95 heavy (non-hydrogen) atoms. The molecule has 2 aliphatic heterocycles. The van der Waals surface area contributed by atoms with Gasteiger partial charge in [-0.1, -0.05) is 144 Å². The van der Waals surface area contributed by atoms with E-state index in [4.69, 9.17) is 43.7 Å². The highest BCUT2D eigenvalue weighted by Gasteiger charge is 2.33. The summed E-state index contributed by atoms with van der Waals surface area (Å²) in [5, 5.41) is 27.0. The summed E-state index contributed by atoms with van der Waals surface area (Å²) in [6.07, 6.45) is 5.96. The molecule has 14 rings (SSSR count). The maximum Gasteiger partial charge on any atom is 0.407 e. The summed E-state index contributed by atoms with van der Waals surface area (Å²) in [4.78, 5) is 72.2. The minimum Gasteiger partial charge on any atom is -0.478 e. The van der Waals surface area contributed by atoms with Crippen LogP contribution in [-0.2, 0) is 54.2 Å². The number of amides is 2. The van der Waals surface area contributed by atoms with E-state index in [-0.39, 0.29) is 67.4 Å². The number of benzene rings is 6. The number of hydrogen-bond donors (Lipinski definition) is 4. The van der Waals surface area contributed by atoms with Crippen molar-refractivity contribution >= 4 is 46.6 Å². The van der Waals surface area contributed by atoms with Crippen molar-refractivity contribution in [2.24, 2.45) is 5.90 Å². The van der Waals surface area contributed by atoms with E-state index in [9.17, 15) is 19.2 Å². The molecule has 2 fully saturated rings. The molecule has 2 saturated heterocycles. The van der Waals surface area contributed by atoms with Crippen LogP contribution in [0.3, 0.4) is 0 Å². The van der Waals surface area contributed by atoms with Crippen molar-refractivity contribution in [3.63, 3.8) is 0 Å². The van der Waals surface area contributed by atoms with Crippen molar-refractivity contribution in [1.82, 2.24) is 40.9 Å². The molecule has 2 amide bonds. The van der Waals surface area contributed by atoms with Crippen molar-refractivity contribution < 1.29 is 61.9 Å². The van der Waals surface area contributed by atoms with Gasteiger partial charge in [-0.25, -0.2) is 30.2 Å². The van der Waals surface area contributed by atoms with E-state index in [1.807, 2.05) is 71.4 Å². The minimum atomic E-state index is -0.988. The van der Waals surface area contributed by atoms with E-state index in [1.54, 1.807) is 35.3 Å². The number of aromatic carboxylic acids is 1.